The number of hydrogen-bond acceptors (Lipinski definition) is 3. The fourth-order valence-corrected chi connectivity index (χ4v) is 4.18. The zero-order valence-corrected chi connectivity index (χ0v) is 17.7. The molecule has 0 atom stereocenters. The quantitative estimate of drug-likeness (QED) is 0.493. The number of hydrogen-bond donors (Lipinski definition) is 1. The molecule has 1 heterocycles. The lowest BCUT2D eigenvalue weighted by atomic mass is 10.0. The Morgan fingerprint density at radius 2 is 1.92 bits per heavy atom. The lowest BCUT2D eigenvalue weighted by Gasteiger charge is -2.06. The number of halogens is 3. The van der Waals surface area contributed by atoms with Gasteiger partial charge >= 0.3 is 0 Å². The highest BCUT2D eigenvalue weighted by Crippen LogP contribution is 2.38. The second-order valence-electron chi connectivity index (χ2n) is 5.69. The number of benzene rings is 2. The lowest BCUT2D eigenvalue weighted by Crippen LogP contribution is -2.15. The SMILES string of the molecule is CS(=O)(=O)CC(=O)c1[nH]c2cc(Cl)c(Br)cc2c1-c1cccc(Br)c1. The summed E-state index contributed by atoms with van der Waals surface area (Å²) in [6.45, 7) is 0. The number of carbonyl (C=O) groups is 1. The molecule has 0 fully saturated rings. The van der Waals surface area contributed by atoms with Crippen molar-refractivity contribution in [1.82, 2.24) is 4.98 Å². The first-order valence-corrected chi connectivity index (χ1v) is 11.2. The van der Waals surface area contributed by atoms with E-state index in [0.717, 1.165) is 21.7 Å². The van der Waals surface area contributed by atoms with Gasteiger partial charge in [0.05, 0.1) is 10.7 Å². The van der Waals surface area contributed by atoms with Crippen LogP contribution in [-0.4, -0.2) is 31.2 Å². The third-order valence-corrected chi connectivity index (χ3v) is 6.10. The highest BCUT2D eigenvalue weighted by Gasteiger charge is 2.23. The van der Waals surface area contributed by atoms with Gasteiger partial charge in [0.15, 0.2) is 15.6 Å². The number of ketones is 1. The molecule has 0 bridgehead atoms. The molecule has 25 heavy (non-hydrogen) atoms. The van der Waals surface area contributed by atoms with Crippen LogP contribution in [0.4, 0.5) is 0 Å². The van der Waals surface area contributed by atoms with Crippen molar-refractivity contribution in [3.05, 3.63) is 56.1 Å². The molecule has 0 saturated heterocycles. The normalized spacial score (nSPS) is 11.8. The molecule has 3 aromatic rings. The van der Waals surface area contributed by atoms with Crippen LogP contribution >= 0.6 is 43.5 Å². The van der Waals surface area contributed by atoms with Crippen molar-refractivity contribution in [2.75, 3.05) is 12.0 Å². The number of aromatic amines is 1. The van der Waals surface area contributed by atoms with E-state index >= 15 is 0 Å². The van der Waals surface area contributed by atoms with E-state index in [4.69, 9.17) is 11.6 Å². The van der Waals surface area contributed by atoms with Crippen LogP contribution < -0.4 is 0 Å². The third kappa shape index (κ3) is 4.00. The van der Waals surface area contributed by atoms with Crippen LogP contribution in [0.1, 0.15) is 10.5 Å². The Balaban J connectivity index is 2.32. The Kier molecular flexibility index (Phi) is 5.12. The van der Waals surface area contributed by atoms with Crippen LogP contribution in [0.3, 0.4) is 0 Å². The molecule has 0 aliphatic rings. The Bertz CT molecular complexity index is 1110. The molecule has 0 saturated carbocycles. The molecule has 3 rings (SSSR count). The van der Waals surface area contributed by atoms with E-state index in [-0.39, 0.29) is 5.69 Å². The summed E-state index contributed by atoms with van der Waals surface area (Å²) < 4.78 is 24.7. The van der Waals surface area contributed by atoms with Crippen molar-refractivity contribution >= 4 is 70.0 Å². The summed E-state index contributed by atoms with van der Waals surface area (Å²) in [5, 5.41) is 1.28. The molecule has 4 nitrogen and oxygen atoms in total. The average molecular weight is 506 g/mol. The molecule has 2 aromatic carbocycles. The Morgan fingerprint density at radius 1 is 1.20 bits per heavy atom. The van der Waals surface area contributed by atoms with Gasteiger partial charge in [-0.3, -0.25) is 4.79 Å². The minimum absolute atomic E-state index is 0.257. The van der Waals surface area contributed by atoms with Crippen molar-refractivity contribution in [2.45, 2.75) is 0 Å². The maximum absolute atomic E-state index is 12.6. The van der Waals surface area contributed by atoms with Gasteiger partial charge in [-0.05, 0) is 45.8 Å². The first-order chi connectivity index (χ1) is 11.7. The van der Waals surface area contributed by atoms with Gasteiger partial charge < -0.3 is 4.98 Å². The molecule has 0 aliphatic carbocycles. The molecule has 0 aliphatic heterocycles. The molecule has 8 heteroatoms. The fraction of sp³-hybridized carbons (Fsp3) is 0.118. The van der Waals surface area contributed by atoms with Crippen LogP contribution in [0.2, 0.25) is 5.02 Å². The molecule has 0 radical (unpaired) electrons. The maximum Gasteiger partial charge on any atom is 0.194 e. The molecular weight excluding hydrogens is 494 g/mol. The Labute approximate surface area is 166 Å². The van der Waals surface area contributed by atoms with Crippen molar-refractivity contribution in [3.8, 4) is 11.1 Å². The van der Waals surface area contributed by atoms with Gasteiger partial charge in [0.25, 0.3) is 0 Å². The van der Waals surface area contributed by atoms with Crippen LogP contribution in [0.15, 0.2) is 45.3 Å². The second kappa shape index (κ2) is 6.87. The van der Waals surface area contributed by atoms with Gasteiger partial charge in [-0.2, -0.15) is 0 Å². The van der Waals surface area contributed by atoms with Gasteiger partial charge in [-0.1, -0.05) is 39.7 Å². The predicted molar refractivity (Wildman–Crippen MR) is 108 cm³/mol. The molecule has 0 unspecified atom stereocenters. The molecule has 0 spiro atoms. The van der Waals surface area contributed by atoms with Crippen LogP contribution in [-0.2, 0) is 9.84 Å². The highest BCUT2D eigenvalue weighted by molar-refractivity contribution is 9.10. The van der Waals surface area contributed by atoms with Crippen molar-refractivity contribution < 1.29 is 13.2 Å². The smallest absolute Gasteiger partial charge is 0.194 e. The first kappa shape index (κ1) is 18.6. The van der Waals surface area contributed by atoms with E-state index in [2.05, 4.69) is 36.8 Å². The van der Waals surface area contributed by atoms with E-state index in [1.165, 1.54) is 0 Å². The first-order valence-electron chi connectivity index (χ1n) is 7.13. The maximum atomic E-state index is 12.6. The van der Waals surface area contributed by atoms with Crippen LogP contribution in [0, 0.1) is 0 Å². The fourth-order valence-electron chi connectivity index (χ4n) is 2.65. The van der Waals surface area contributed by atoms with Gasteiger partial charge in [0, 0.05) is 31.7 Å². The summed E-state index contributed by atoms with van der Waals surface area (Å²) in [7, 11) is -3.45. The van der Waals surface area contributed by atoms with Gasteiger partial charge in [-0.15, -0.1) is 0 Å². The number of carbonyl (C=O) groups excluding carboxylic acids is 1. The zero-order valence-electron chi connectivity index (χ0n) is 12.9. The van der Waals surface area contributed by atoms with Gasteiger partial charge in [0.2, 0.25) is 0 Å². The third-order valence-electron chi connectivity index (χ3n) is 3.62. The van der Waals surface area contributed by atoms with Crippen LogP contribution in [0.25, 0.3) is 22.0 Å². The van der Waals surface area contributed by atoms with E-state index in [1.807, 2.05) is 30.3 Å². The Morgan fingerprint density at radius 3 is 2.56 bits per heavy atom. The summed E-state index contributed by atoms with van der Waals surface area (Å²) in [4.78, 5) is 15.7. The van der Waals surface area contributed by atoms with E-state index < -0.39 is 21.4 Å². The van der Waals surface area contributed by atoms with Crippen molar-refractivity contribution in [1.29, 1.82) is 0 Å². The average Bonchev–Trinajstić information content (AvgIpc) is 2.84. The summed E-state index contributed by atoms with van der Waals surface area (Å²) in [5.74, 6) is -1.05. The van der Waals surface area contributed by atoms with E-state index in [9.17, 15) is 13.2 Å². The minimum atomic E-state index is -3.45. The molecule has 0 amide bonds. The largest absolute Gasteiger partial charge is 0.352 e. The number of Topliss-reactive ketones (excluding diaryl/α,β-unsaturated/α-hetero) is 1. The number of fused-ring (bicyclic) bond motifs is 1. The monoisotopic (exact) mass is 503 g/mol. The minimum Gasteiger partial charge on any atom is -0.352 e. The van der Waals surface area contributed by atoms with E-state index in [1.54, 1.807) is 6.07 Å². The summed E-state index contributed by atoms with van der Waals surface area (Å²) in [5.41, 5.74) is 2.38. The number of H-pyrrole nitrogens is 1. The van der Waals surface area contributed by atoms with Crippen molar-refractivity contribution in [2.24, 2.45) is 0 Å². The molecule has 1 N–H and O–H groups in total. The molecule has 1 aromatic heterocycles. The zero-order chi connectivity index (χ0) is 18.4. The summed E-state index contributed by atoms with van der Waals surface area (Å²) >= 11 is 13.0. The van der Waals surface area contributed by atoms with Crippen molar-refractivity contribution in [3.63, 3.8) is 0 Å². The molecule has 130 valence electrons. The summed E-state index contributed by atoms with van der Waals surface area (Å²) in [6, 6.07) is 11.0. The number of sulfone groups is 1. The number of nitrogens with one attached hydrogen (secondary N) is 1. The van der Waals surface area contributed by atoms with E-state index in [0.29, 0.717) is 20.6 Å². The van der Waals surface area contributed by atoms with Gasteiger partial charge in [-0.25, -0.2) is 8.42 Å². The van der Waals surface area contributed by atoms with Crippen LogP contribution in [0.5, 0.6) is 0 Å². The van der Waals surface area contributed by atoms with Gasteiger partial charge in [0.1, 0.15) is 5.75 Å². The number of rotatable bonds is 4. The standard InChI is InChI=1S/C17H12Br2ClNO3S/c1-25(23,24)8-15(22)17-16(9-3-2-4-10(18)5-9)11-6-12(19)13(20)7-14(11)21-17/h2-7,21H,8H2,1H3. The lowest BCUT2D eigenvalue weighted by molar-refractivity contribution is 0.101. The Hall–Kier alpha value is -1.15. The second-order valence-corrected chi connectivity index (χ2v) is 10.0. The summed E-state index contributed by atoms with van der Waals surface area (Å²) in [6.07, 6.45) is 1.04. The topological polar surface area (TPSA) is 67.0 Å². The number of aromatic nitrogens is 1. The predicted octanol–water partition coefficient (Wildman–Crippen LogP) is 5.24. The highest BCUT2D eigenvalue weighted by atomic mass is 79.9. The molecular formula is C17H12Br2ClNO3S.